The summed E-state index contributed by atoms with van der Waals surface area (Å²) < 4.78 is 13.4. The molecule has 0 amide bonds. The van der Waals surface area contributed by atoms with Gasteiger partial charge >= 0.3 is 5.97 Å². The molecule has 2 aromatic rings. The van der Waals surface area contributed by atoms with Gasteiger partial charge in [0.2, 0.25) is 0 Å². The predicted molar refractivity (Wildman–Crippen MR) is 62.7 cm³/mol. The molecular weight excluding hydrogens is 237 g/mol. The molecule has 2 rings (SSSR count). The maximum Gasteiger partial charge on any atom is 0.338 e. The molecule has 1 aromatic carbocycles. The first kappa shape index (κ1) is 12.0. The number of carbonyl (C=O) groups is 1. The highest BCUT2D eigenvalue weighted by molar-refractivity contribution is 5.88. The van der Waals surface area contributed by atoms with Crippen LogP contribution in [-0.2, 0) is 6.54 Å². The van der Waals surface area contributed by atoms with Gasteiger partial charge in [0.05, 0.1) is 17.8 Å². The Labute approximate surface area is 102 Å². The molecule has 0 unspecified atom stereocenters. The molecule has 6 heteroatoms. The van der Waals surface area contributed by atoms with Crippen LogP contribution < -0.4 is 5.32 Å². The van der Waals surface area contributed by atoms with Crippen molar-refractivity contribution in [2.45, 2.75) is 6.54 Å². The summed E-state index contributed by atoms with van der Waals surface area (Å²) in [6.07, 6.45) is 1.56. The van der Waals surface area contributed by atoms with E-state index in [1.165, 1.54) is 12.1 Å². The molecule has 1 heterocycles. The van der Waals surface area contributed by atoms with Gasteiger partial charge in [-0.25, -0.2) is 9.18 Å². The summed E-state index contributed by atoms with van der Waals surface area (Å²) in [4.78, 5) is 10.6. The molecule has 5 nitrogen and oxygen atoms in total. The third kappa shape index (κ3) is 2.79. The second-order valence-corrected chi connectivity index (χ2v) is 3.57. The number of halogens is 1. The molecule has 0 aliphatic carbocycles. The van der Waals surface area contributed by atoms with E-state index in [9.17, 15) is 9.18 Å². The molecule has 0 radical (unpaired) electrons. The van der Waals surface area contributed by atoms with E-state index in [0.717, 1.165) is 6.07 Å². The molecule has 2 N–H and O–H groups in total. The highest BCUT2D eigenvalue weighted by Gasteiger charge is 2.10. The van der Waals surface area contributed by atoms with E-state index in [1.54, 1.807) is 18.3 Å². The summed E-state index contributed by atoms with van der Waals surface area (Å²) in [6.45, 7) is 0.389. The van der Waals surface area contributed by atoms with E-state index in [0.29, 0.717) is 17.9 Å². The summed E-state index contributed by atoms with van der Waals surface area (Å²) in [6, 6.07) is 7.39. The Hall–Kier alpha value is -2.50. The molecule has 0 bridgehead atoms. The number of nitrogens with one attached hydrogen (secondary N) is 1. The van der Waals surface area contributed by atoms with Crippen LogP contribution in [0.5, 0.6) is 0 Å². The number of nitrogens with zero attached hydrogens (tertiary/aromatic N) is 2. The number of aromatic carboxylic acids is 1. The van der Waals surface area contributed by atoms with E-state index < -0.39 is 11.8 Å². The van der Waals surface area contributed by atoms with E-state index in [4.69, 9.17) is 5.11 Å². The lowest BCUT2D eigenvalue weighted by Gasteiger charge is -2.06. The Morgan fingerprint density at radius 2 is 2.22 bits per heavy atom. The highest BCUT2D eigenvalue weighted by atomic mass is 19.1. The van der Waals surface area contributed by atoms with Crippen molar-refractivity contribution in [3.05, 3.63) is 53.6 Å². The van der Waals surface area contributed by atoms with Crippen LogP contribution in [0.1, 0.15) is 16.1 Å². The fourth-order valence-electron chi connectivity index (χ4n) is 1.42. The minimum absolute atomic E-state index is 0.347. The van der Waals surface area contributed by atoms with Crippen LogP contribution in [0.2, 0.25) is 0 Å². The van der Waals surface area contributed by atoms with Gasteiger partial charge in [0.1, 0.15) is 5.82 Å². The standard InChI is InChI=1S/C12H10FN3O2/c13-11-6-8(3-4-10(11)12(17)18)14-7-9-2-1-5-15-16-9/h1-6,14H,7H2,(H,17,18). The van der Waals surface area contributed by atoms with Gasteiger partial charge in [0.15, 0.2) is 0 Å². The number of rotatable bonds is 4. The smallest absolute Gasteiger partial charge is 0.338 e. The molecule has 0 fully saturated rings. The van der Waals surface area contributed by atoms with Crippen molar-refractivity contribution >= 4 is 11.7 Å². The Morgan fingerprint density at radius 1 is 1.39 bits per heavy atom. The van der Waals surface area contributed by atoms with Crippen LogP contribution >= 0.6 is 0 Å². The van der Waals surface area contributed by atoms with Crippen molar-refractivity contribution in [3.63, 3.8) is 0 Å². The highest BCUT2D eigenvalue weighted by Crippen LogP contribution is 2.15. The van der Waals surface area contributed by atoms with Crippen LogP contribution in [0.25, 0.3) is 0 Å². The SMILES string of the molecule is O=C(O)c1ccc(NCc2cccnn2)cc1F. The van der Waals surface area contributed by atoms with Crippen LogP contribution in [0.15, 0.2) is 36.5 Å². The Bertz CT molecular complexity index is 561. The first-order valence-corrected chi connectivity index (χ1v) is 5.20. The Morgan fingerprint density at radius 3 is 2.83 bits per heavy atom. The van der Waals surface area contributed by atoms with E-state index >= 15 is 0 Å². The number of benzene rings is 1. The maximum atomic E-state index is 13.4. The van der Waals surface area contributed by atoms with Gasteiger partial charge in [-0.1, -0.05) is 0 Å². The van der Waals surface area contributed by atoms with Crippen molar-refractivity contribution in [1.29, 1.82) is 0 Å². The molecule has 0 atom stereocenters. The monoisotopic (exact) mass is 247 g/mol. The third-order valence-electron chi connectivity index (χ3n) is 2.30. The van der Waals surface area contributed by atoms with Gasteiger partial charge in [0, 0.05) is 11.9 Å². The number of hydrogen-bond acceptors (Lipinski definition) is 4. The first-order chi connectivity index (χ1) is 8.66. The third-order valence-corrected chi connectivity index (χ3v) is 2.30. The molecule has 0 saturated heterocycles. The van der Waals surface area contributed by atoms with E-state index in [2.05, 4.69) is 15.5 Å². The lowest BCUT2D eigenvalue weighted by molar-refractivity contribution is 0.0692. The Kier molecular flexibility index (Phi) is 3.47. The lowest BCUT2D eigenvalue weighted by Crippen LogP contribution is -2.05. The summed E-state index contributed by atoms with van der Waals surface area (Å²) in [5.41, 5.74) is 0.850. The van der Waals surface area contributed by atoms with Crippen LogP contribution in [0, 0.1) is 5.82 Å². The predicted octanol–water partition coefficient (Wildman–Crippen LogP) is 1.93. The number of hydrogen-bond donors (Lipinski definition) is 2. The molecule has 92 valence electrons. The van der Waals surface area contributed by atoms with Gasteiger partial charge in [-0.05, 0) is 30.3 Å². The van der Waals surface area contributed by atoms with Crippen molar-refractivity contribution in [2.24, 2.45) is 0 Å². The fourth-order valence-corrected chi connectivity index (χ4v) is 1.42. The maximum absolute atomic E-state index is 13.4. The zero-order valence-corrected chi connectivity index (χ0v) is 9.30. The molecule has 0 aliphatic heterocycles. The molecule has 18 heavy (non-hydrogen) atoms. The van der Waals surface area contributed by atoms with Crippen LogP contribution in [0.4, 0.5) is 10.1 Å². The molecule has 1 aromatic heterocycles. The number of aromatic nitrogens is 2. The molecule has 0 saturated carbocycles. The average Bonchev–Trinajstić information content (AvgIpc) is 2.37. The largest absolute Gasteiger partial charge is 0.478 e. The summed E-state index contributed by atoms with van der Waals surface area (Å²) >= 11 is 0. The van der Waals surface area contributed by atoms with Crippen molar-refractivity contribution < 1.29 is 14.3 Å². The minimum atomic E-state index is -1.28. The lowest BCUT2D eigenvalue weighted by atomic mass is 10.2. The van der Waals surface area contributed by atoms with Crippen LogP contribution in [-0.4, -0.2) is 21.3 Å². The molecule has 0 spiro atoms. The second-order valence-electron chi connectivity index (χ2n) is 3.57. The van der Waals surface area contributed by atoms with Gasteiger partial charge in [0.25, 0.3) is 0 Å². The average molecular weight is 247 g/mol. The first-order valence-electron chi connectivity index (χ1n) is 5.20. The Balaban J connectivity index is 2.07. The second kappa shape index (κ2) is 5.22. The van der Waals surface area contributed by atoms with Gasteiger partial charge in [-0.2, -0.15) is 10.2 Å². The zero-order chi connectivity index (χ0) is 13.0. The zero-order valence-electron chi connectivity index (χ0n) is 9.30. The molecule has 0 aliphatic rings. The van der Waals surface area contributed by atoms with Crippen molar-refractivity contribution in [1.82, 2.24) is 10.2 Å². The number of anilines is 1. The normalized spacial score (nSPS) is 10.1. The van der Waals surface area contributed by atoms with Crippen LogP contribution in [0.3, 0.4) is 0 Å². The topological polar surface area (TPSA) is 75.1 Å². The molecular formula is C12H10FN3O2. The summed E-state index contributed by atoms with van der Waals surface area (Å²) in [5.74, 6) is -2.06. The fraction of sp³-hybridized carbons (Fsp3) is 0.0833. The summed E-state index contributed by atoms with van der Waals surface area (Å²) in [7, 11) is 0. The quantitative estimate of drug-likeness (QED) is 0.863. The van der Waals surface area contributed by atoms with Gasteiger partial charge in [-0.3, -0.25) is 0 Å². The van der Waals surface area contributed by atoms with Gasteiger partial charge in [-0.15, -0.1) is 0 Å². The summed E-state index contributed by atoms with van der Waals surface area (Å²) in [5, 5.41) is 19.2. The van der Waals surface area contributed by atoms with E-state index in [-0.39, 0.29) is 5.56 Å². The van der Waals surface area contributed by atoms with Gasteiger partial charge < -0.3 is 10.4 Å². The van der Waals surface area contributed by atoms with E-state index in [1.807, 2.05) is 0 Å². The number of carboxylic acid groups (broad SMARTS) is 1. The van der Waals surface area contributed by atoms with Crippen molar-refractivity contribution in [2.75, 3.05) is 5.32 Å². The number of carboxylic acids is 1. The minimum Gasteiger partial charge on any atom is -0.478 e. The van der Waals surface area contributed by atoms with Crippen molar-refractivity contribution in [3.8, 4) is 0 Å².